The highest BCUT2D eigenvalue weighted by molar-refractivity contribution is 6.31. The van der Waals surface area contributed by atoms with Crippen molar-refractivity contribution in [2.24, 2.45) is 0 Å². The molecular formula is C25H27ClN2O3. The van der Waals surface area contributed by atoms with Crippen LogP contribution in [0.3, 0.4) is 0 Å². The number of benzene rings is 3. The number of amides is 1. The number of halogens is 1. The van der Waals surface area contributed by atoms with Gasteiger partial charge in [-0.1, -0.05) is 53.6 Å². The van der Waals surface area contributed by atoms with Gasteiger partial charge in [0.25, 0.3) is 5.91 Å². The first-order chi connectivity index (χ1) is 15.0. The standard InChI is InChI=1S/C25H27ClN2O3/c1-3-30-24-14-19(15-27-16-20-6-4-5-7-22(20)26)10-13-23(24)31-17-25(29)28-21-11-8-18(2)9-12-21/h4-14,27H,3,15-17H2,1-2H3,(H,28,29). The predicted octanol–water partition coefficient (Wildman–Crippen LogP) is 5.35. The van der Waals surface area contributed by atoms with E-state index in [0.29, 0.717) is 31.2 Å². The molecule has 1 amide bonds. The van der Waals surface area contributed by atoms with Crippen LogP contribution in [0.1, 0.15) is 23.6 Å². The van der Waals surface area contributed by atoms with Gasteiger partial charge in [-0.15, -0.1) is 0 Å². The fourth-order valence-electron chi connectivity index (χ4n) is 3.01. The van der Waals surface area contributed by atoms with Gasteiger partial charge in [0, 0.05) is 23.8 Å². The molecule has 2 N–H and O–H groups in total. The zero-order chi connectivity index (χ0) is 22.1. The van der Waals surface area contributed by atoms with Gasteiger partial charge in [0.05, 0.1) is 6.61 Å². The van der Waals surface area contributed by atoms with E-state index in [2.05, 4.69) is 10.6 Å². The Balaban J connectivity index is 1.55. The SMILES string of the molecule is CCOc1cc(CNCc2ccccc2Cl)ccc1OCC(=O)Nc1ccc(C)cc1. The first kappa shape index (κ1) is 22.7. The second-order valence-corrected chi connectivity index (χ2v) is 7.52. The molecule has 0 radical (unpaired) electrons. The summed E-state index contributed by atoms with van der Waals surface area (Å²) in [5.74, 6) is 0.926. The average molecular weight is 439 g/mol. The van der Waals surface area contributed by atoms with Gasteiger partial charge in [0.2, 0.25) is 0 Å². The van der Waals surface area contributed by atoms with E-state index in [1.165, 1.54) is 0 Å². The fourth-order valence-corrected chi connectivity index (χ4v) is 3.21. The molecule has 3 aromatic rings. The lowest BCUT2D eigenvalue weighted by atomic mass is 10.2. The normalized spacial score (nSPS) is 10.5. The highest BCUT2D eigenvalue weighted by Crippen LogP contribution is 2.28. The van der Waals surface area contributed by atoms with Crippen molar-refractivity contribution in [2.45, 2.75) is 26.9 Å². The van der Waals surface area contributed by atoms with Crippen LogP contribution in [0, 0.1) is 6.92 Å². The number of aryl methyl sites for hydroxylation is 1. The summed E-state index contributed by atoms with van der Waals surface area (Å²) in [5, 5.41) is 6.96. The maximum absolute atomic E-state index is 12.2. The van der Waals surface area contributed by atoms with Crippen molar-refractivity contribution in [3.05, 3.63) is 88.4 Å². The van der Waals surface area contributed by atoms with Crippen LogP contribution < -0.4 is 20.1 Å². The number of ether oxygens (including phenoxy) is 2. The van der Waals surface area contributed by atoms with E-state index in [-0.39, 0.29) is 12.5 Å². The summed E-state index contributed by atoms with van der Waals surface area (Å²) in [4.78, 5) is 12.2. The Hall–Kier alpha value is -3.02. The van der Waals surface area contributed by atoms with Crippen LogP contribution in [0.2, 0.25) is 5.02 Å². The second-order valence-electron chi connectivity index (χ2n) is 7.11. The molecule has 5 nitrogen and oxygen atoms in total. The van der Waals surface area contributed by atoms with Crippen molar-refractivity contribution in [1.29, 1.82) is 0 Å². The summed E-state index contributed by atoms with van der Waals surface area (Å²) in [5.41, 5.74) is 3.97. The topological polar surface area (TPSA) is 59.6 Å². The second kappa shape index (κ2) is 11.4. The smallest absolute Gasteiger partial charge is 0.262 e. The maximum atomic E-state index is 12.2. The number of rotatable bonds is 10. The molecule has 6 heteroatoms. The molecule has 0 saturated carbocycles. The van der Waals surface area contributed by atoms with Crippen molar-refractivity contribution in [3.8, 4) is 11.5 Å². The summed E-state index contributed by atoms with van der Waals surface area (Å²) >= 11 is 6.20. The van der Waals surface area contributed by atoms with E-state index in [9.17, 15) is 4.79 Å². The summed E-state index contributed by atoms with van der Waals surface area (Å²) in [6.45, 7) is 5.64. The van der Waals surface area contributed by atoms with E-state index in [4.69, 9.17) is 21.1 Å². The lowest BCUT2D eigenvalue weighted by Gasteiger charge is -2.14. The van der Waals surface area contributed by atoms with Gasteiger partial charge in [-0.25, -0.2) is 0 Å². The van der Waals surface area contributed by atoms with Crippen LogP contribution in [-0.2, 0) is 17.9 Å². The van der Waals surface area contributed by atoms with Gasteiger partial charge in [0.15, 0.2) is 18.1 Å². The molecule has 0 atom stereocenters. The van der Waals surface area contributed by atoms with E-state index < -0.39 is 0 Å². The Kier molecular flexibility index (Phi) is 8.33. The third-order valence-corrected chi connectivity index (χ3v) is 4.97. The Morgan fingerprint density at radius 3 is 2.45 bits per heavy atom. The molecule has 0 aliphatic carbocycles. The van der Waals surface area contributed by atoms with Gasteiger partial charge < -0.3 is 20.1 Å². The van der Waals surface area contributed by atoms with E-state index >= 15 is 0 Å². The molecule has 0 aliphatic rings. The summed E-state index contributed by atoms with van der Waals surface area (Å²) in [7, 11) is 0. The number of anilines is 1. The first-order valence-corrected chi connectivity index (χ1v) is 10.6. The molecule has 31 heavy (non-hydrogen) atoms. The Bertz CT molecular complexity index is 1010. The largest absolute Gasteiger partial charge is 0.490 e. The number of hydrogen-bond donors (Lipinski definition) is 2. The molecule has 0 fully saturated rings. The van der Waals surface area contributed by atoms with Crippen molar-refractivity contribution in [1.82, 2.24) is 5.32 Å². The molecule has 0 bridgehead atoms. The molecular weight excluding hydrogens is 412 g/mol. The van der Waals surface area contributed by atoms with Crippen molar-refractivity contribution >= 4 is 23.2 Å². The van der Waals surface area contributed by atoms with Gasteiger partial charge >= 0.3 is 0 Å². The van der Waals surface area contributed by atoms with Gasteiger partial charge in [-0.2, -0.15) is 0 Å². The Morgan fingerprint density at radius 2 is 1.71 bits per heavy atom. The van der Waals surface area contributed by atoms with Crippen molar-refractivity contribution in [3.63, 3.8) is 0 Å². The minimum absolute atomic E-state index is 0.0992. The molecule has 3 aromatic carbocycles. The van der Waals surface area contributed by atoms with Crippen LogP contribution >= 0.6 is 11.6 Å². The third-order valence-electron chi connectivity index (χ3n) is 4.60. The Morgan fingerprint density at radius 1 is 0.935 bits per heavy atom. The van der Waals surface area contributed by atoms with Gasteiger partial charge in [-0.3, -0.25) is 4.79 Å². The van der Waals surface area contributed by atoms with Crippen LogP contribution in [0.4, 0.5) is 5.69 Å². The number of carbonyl (C=O) groups excluding carboxylic acids is 1. The number of nitrogens with one attached hydrogen (secondary N) is 2. The van der Waals surface area contributed by atoms with Crippen LogP contribution in [0.5, 0.6) is 11.5 Å². The van der Waals surface area contributed by atoms with Crippen LogP contribution in [0.15, 0.2) is 66.7 Å². The molecule has 0 unspecified atom stereocenters. The minimum atomic E-state index is -0.225. The quantitative estimate of drug-likeness (QED) is 0.447. The van der Waals surface area contributed by atoms with Crippen molar-refractivity contribution in [2.75, 3.05) is 18.5 Å². The number of hydrogen-bond acceptors (Lipinski definition) is 4. The third kappa shape index (κ3) is 7.02. The van der Waals surface area contributed by atoms with Gasteiger partial charge in [0.1, 0.15) is 0 Å². The fraction of sp³-hybridized carbons (Fsp3) is 0.240. The molecule has 162 valence electrons. The highest BCUT2D eigenvalue weighted by Gasteiger charge is 2.10. The molecule has 3 rings (SSSR count). The van der Waals surface area contributed by atoms with E-state index in [1.807, 2.05) is 80.6 Å². The summed E-state index contributed by atoms with van der Waals surface area (Å²) in [6.07, 6.45) is 0. The van der Waals surface area contributed by atoms with E-state index in [0.717, 1.165) is 27.4 Å². The Labute approximate surface area is 188 Å². The first-order valence-electron chi connectivity index (χ1n) is 10.2. The summed E-state index contributed by atoms with van der Waals surface area (Å²) < 4.78 is 11.4. The monoisotopic (exact) mass is 438 g/mol. The lowest BCUT2D eigenvalue weighted by molar-refractivity contribution is -0.118. The molecule has 0 aromatic heterocycles. The zero-order valence-corrected chi connectivity index (χ0v) is 18.5. The molecule has 0 heterocycles. The van der Waals surface area contributed by atoms with E-state index in [1.54, 1.807) is 0 Å². The van der Waals surface area contributed by atoms with Crippen LogP contribution in [-0.4, -0.2) is 19.1 Å². The highest BCUT2D eigenvalue weighted by atomic mass is 35.5. The minimum Gasteiger partial charge on any atom is -0.490 e. The summed E-state index contributed by atoms with van der Waals surface area (Å²) in [6, 6.07) is 21.1. The van der Waals surface area contributed by atoms with Crippen molar-refractivity contribution < 1.29 is 14.3 Å². The molecule has 0 saturated heterocycles. The lowest BCUT2D eigenvalue weighted by Crippen LogP contribution is -2.20. The molecule has 0 aliphatic heterocycles. The zero-order valence-electron chi connectivity index (χ0n) is 17.8. The molecule has 0 spiro atoms. The predicted molar refractivity (Wildman–Crippen MR) is 125 cm³/mol. The van der Waals surface area contributed by atoms with Gasteiger partial charge in [-0.05, 0) is 55.3 Å². The van der Waals surface area contributed by atoms with Crippen LogP contribution in [0.25, 0.3) is 0 Å². The number of carbonyl (C=O) groups is 1. The average Bonchev–Trinajstić information content (AvgIpc) is 2.76. The maximum Gasteiger partial charge on any atom is 0.262 e.